The fourth-order valence-electron chi connectivity index (χ4n) is 2.33. The summed E-state index contributed by atoms with van der Waals surface area (Å²) in [6.07, 6.45) is 5.33. The molecule has 0 fully saturated rings. The lowest BCUT2D eigenvalue weighted by molar-refractivity contribution is -0.117. The SMILES string of the molecule is C[C@H](Cc1cc2ccccc2o1)NC(=O)/C=C/c1ccco1. The average Bonchev–Trinajstić information content (AvgIpc) is 3.13. The Kier molecular flexibility index (Phi) is 4.10. The van der Waals surface area contributed by atoms with Crippen LogP contribution in [0.2, 0.25) is 0 Å². The van der Waals surface area contributed by atoms with Crippen molar-refractivity contribution in [2.75, 3.05) is 0 Å². The second-order valence-electron chi connectivity index (χ2n) is 5.21. The van der Waals surface area contributed by atoms with E-state index in [0.29, 0.717) is 12.2 Å². The van der Waals surface area contributed by atoms with Gasteiger partial charge in [0.15, 0.2) is 0 Å². The summed E-state index contributed by atoms with van der Waals surface area (Å²) in [4.78, 5) is 11.8. The molecule has 2 aromatic heterocycles. The summed E-state index contributed by atoms with van der Waals surface area (Å²) >= 11 is 0. The van der Waals surface area contributed by atoms with Gasteiger partial charge >= 0.3 is 0 Å². The van der Waals surface area contributed by atoms with E-state index in [-0.39, 0.29) is 11.9 Å². The maximum Gasteiger partial charge on any atom is 0.244 e. The molecular formula is C18H17NO3. The van der Waals surface area contributed by atoms with Gasteiger partial charge in [-0.25, -0.2) is 0 Å². The predicted molar refractivity (Wildman–Crippen MR) is 85.3 cm³/mol. The van der Waals surface area contributed by atoms with Crippen LogP contribution in [0.1, 0.15) is 18.4 Å². The Morgan fingerprint density at radius 2 is 2.14 bits per heavy atom. The monoisotopic (exact) mass is 295 g/mol. The molecule has 0 aliphatic rings. The van der Waals surface area contributed by atoms with E-state index in [1.807, 2.05) is 37.3 Å². The molecule has 0 unspecified atom stereocenters. The third-order valence-corrected chi connectivity index (χ3v) is 3.31. The lowest BCUT2D eigenvalue weighted by atomic mass is 10.2. The van der Waals surface area contributed by atoms with E-state index in [1.54, 1.807) is 24.5 Å². The van der Waals surface area contributed by atoms with Crippen LogP contribution < -0.4 is 5.32 Å². The molecule has 22 heavy (non-hydrogen) atoms. The fourth-order valence-corrected chi connectivity index (χ4v) is 2.33. The van der Waals surface area contributed by atoms with Crippen molar-refractivity contribution in [3.8, 4) is 0 Å². The van der Waals surface area contributed by atoms with Crippen LogP contribution in [0.3, 0.4) is 0 Å². The molecule has 1 aromatic carbocycles. The number of hydrogen-bond acceptors (Lipinski definition) is 3. The molecule has 0 aliphatic carbocycles. The maximum atomic E-state index is 11.8. The van der Waals surface area contributed by atoms with Gasteiger partial charge in [-0.3, -0.25) is 4.79 Å². The van der Waals surface area contributed by atoms with Crippen molar-refractivity contribution in [1.82, 2.24) is 5.32 Å². The normalized spacial score (nSPS) is 12.8. The van der Waals surface area contributed by atoms with E-state index in [2.05, 4.69) is 5.32 Å². The number of para-hydroxylation sites is 1. The number of carbonyl (C=O) groups is 1. The number of nitrogens with one attached hydrogen (secondary N) is 1. The first-order chi connectivity index (χ1) is 10.7. The van der Waals surface area contributed by atoms with Crippen molar-refractivity contribution in [3.05, 3.63) is 66.3 Å². The molecule has 1 N–H and O–H groups in total. The van der Waals surface area contributed by atoms with Gasteiger partial charge < -0.3 is 14.2 Å². The third kappa shape index (κ3) is 3.47. The molecule has 0 saturated carbocycles. The minimum Gasteiger partial charge on any atom is -0.465 e. The van der Waals surface area contributed by atoms with E-state index >= 15 is 0 Å². The van der Waals surface area contributed by atoms with Gasteiger partial charge in [0.05, 0.1) is 6.26 Å². The molecule has 112 valence electrons. The molecule has 1 amide bonds. The summed E-state index contributed by atoms with van der Waals surface area (Å²) in [5, 5.41) is 3.99. The molecule has 1 atom stereocenters. The zero-order valence-corrected chi connectivity index (χ0v) is 12.3. The highest BCUT2D eigenvalue weighted by molar-refractivity contribution is 5.91. The highest BCUT2D eigenvalue weighted by atomic mass is 16.3. The van der Waals surface area contributed by atoms with Gasteiger partial charge in [-0.15, -0.1) is 0 Å². The Morgan fingerprint density at radius 3 is 2.91 bits per heavy atom. The number of fused-ring (bicyclic) bond motifs is 1. The summed E-state index contributed by atoms with van der Waals surface area (Å²) in [5.41, 5.74) is 0.869. The Balaban J connectivity index is 1.57. The van der Waals surface area contributed by atoms with Crippen molar-refractivity contribution in [1.29, 1.82) is 0 Å². The number of hydrogen-bond donors (Lipinski definition) is 1. The minimum atomic E-state index is -0.153. The van der Waals surface area contributed by atoms with Crippen molar-refractivity contribution >= 4 is 23.0 Å². The zero-order valence-electron chi connectivity index (χ0n) is 12.3. The highest BCUT2D eigenvalue weighted by Crippen LogP contribution is 2.19. The molecule has 4 nitrogen and oxygen atoms in total. The summed E-state index contributed by atoms with van der Waals surface area (Å²) < 4.78 is 10.9. The van der Waals surface area contributed by atoms with Crippen LogP contribution in [0, 0.1) is 0 Å². The Labute approximate surface area is 128 Å². The molecule has 3 rings (SSSR count). The first-order valence-electron chi connectivity index (χ1n) is 7.20. The number of benzene rings is 1. The number of furan rings is 2. The van der Waals surface area contributed by atoms with Crippen LogP contribution in [0.15, 0.2) is 63.6 Å². The molecule has 2 heterocycles. The molecule has 4 heteroatoms. The Bertz CT molecular complexity index is 751. The highest BCUT2D eigenvalue weighted by Gasteiger charge is 2.10. The first kappa shape index (κ1) is 14.2. The van der Waals surface area contributed by atoms with Crippen molar-refractivity contribution in [2.24, 2.45) is 0 Å². The van der Waals surface area contributed by atoms with Crippen LogP contribution in [-0.4, -0.2) is 11.9 Å². The summed E-state index contributed by atoms with van der Waals surface area (Å²) in [6.45, 7) is 1.95. The predicted octanol–water partition coefficient (Wildman–Crippen LogP) is 3.79. The quantitative estimate of drug-likeness (QED) is 0.729. The van der Waals surface area contributed by atoms with Gasteiger partial charge in [0.25, 0.3) is 0 Å². The van der Waals surface area contributed by atoms with E-state index in [0.717, 1.165) is 16.7 Å². The van der Waals surface area contributed by atoms with Gasteiger partial charge in [0.1, 0.15) is 17.1 Å². The molecular weight excluding hydrogens is 278 g/mol. The van der Waals surface area contributed by atoms with Crippen LogP contribution >= 0.6 is 0 Å². The molecule has 0 radical (unpaired) electrons. The van der Waals surface area contributed by atoms with Gasteiger partial charge in [0.2, 0.25) is 5.91 Å². The topological polar surface area (TPSA) is 55.4 Å². The van der Waals surface area contributed by atoms with Crippen molar-refractivity contribution < 1.29 is 13.6 Å². The van der Waals surface area contributed by atoms with Gasteiger partial charge in [-0.1, -0.05) is 18.2 Å². The molecule has 0 spiro atoms. The fraction of sp³-hybridized carbons (Fsp3) is 0.167. The summed E-state index contributed by atoms with van der Waals surface area (Å²) in [7, 11) is 0. The summed E-state index contributed by atoms with van der Waals surface area (Å²) in [5.74, 6) is 1.36. The van der Waals surface area contributed by atoms with Gasteiger partial charge in [-0.05, 0) is 37.3 Å². The second kappa shape index (κ2) is 6.35. The van der Waals surface area contributed by atoms with E-state index in [9.17, 15) is 4.79 Å². The third-order valence-electron chi connectivity index (χ3n) is 3.31. The van der Waals surface area contributed by atoms with Gasteiger partial charge in [-0.2, -0.15) is 0 Å². The average molecular weight is 295 g/mol. The number of carbonyl (C=O) groups excluding carboxylic acids is 1. The lowest BCUT2D eigenvalue weighted by Gasteiger charge is -2.10. The molecule has 0 aliphatic heterocycles. The zero-order chi connectivity index (χ0) is 15.4. The molecule has 0 bridgehead atoms. The molecule has 0 saturated heterocycles. The van der Waals surface area contributed by atoms with Gasteiger partial charge in [0, 0.05) is 23.9 Å². The van der Waals surface area contributed by atoms with Crippen LogP contribution in [0.25, 0.3) is 17.0 Å². The van der Waals surface area contributed by atoms with Crippen LogP contribution in [-0.2, 0) is 11.2 Å². The smallest absolute Gasteiger partial charge is 0.244 e. The maximum absolute atomic E-state index is 11.8. The molecule has 3 aromatic rings. The van der Waals surface area contributed by atoms with Crippen LogP contribution in [0.4, 0.5) is 0 Å². The van der Waals surface area contributed by atoms with E-state index < -0.39 is 0 Å². The van der Waals surface area contributed by atoms with E-state index in [1.165, 1.54) is 6.08 Å². The number of amides is 1. The number of rotatable bonds is 5. The largest absolute Gasteiger partial charge is 0.465 e. The Morgan fingerprint density at radius 1 is 1.27 bits per heavy atom. The van der Waals surface area contributed by atoms with Crippen molar-refractivity contribution in [3.63, 3.8) is 0 Å². The second-order valence-corrected chi connectivity index (χ2v) is 5.21. The lowest BCUT2D eigenvalue weighted by Crippen LogP contribution is -2.32. The standard InChI is InChI=1S/C18H17NO3/c1-13(19-18(20)9-8-15-6-4-10-21-15)11-16-12-14-5-2-3-7-17(14)22-16/h2-10,12-13H,11H2,1H3,(H,19,20)/b9-8+/t13-/m1/s1. The summed E-state index contributed by atoms with van der Waals surface area (Å²) in [6, 6.07) is 13.4. The first-order valence-corrected chi connectivity index (χ1v) is 7.20. The van der Waals surface area contributed by atoms with E-state index in [4.69, 9.17) is 8.83 Å². The Hall–Kier alpha value is -2.75. The van der Waals surface area contributed by atoms with Crippen LogP contribution in [0.5, 0.6) is 0 Å². The van der Waals surface area contributed by atoms with Crippen molar-refractivity contribution in [2.45, 2.75) is 19.4 Å². The minimum absolute atomic E-state index is 0.0192.